The lowest BCUT2D eigenvalue weighted by Crippen LogP contribution is -2.17. The second kappa shape index (κ2) is 8.67. The predicted octanol–water partition coefficient (Wildman–Crippen LogP) is 2.91. The molecule has 1 heterocycles. The highest BCUT2D eigenvalue weighted by Gasteiger charge is 2.14. The molecule has 136 valence electrons. The zero-order valence-electron chi connectivity index (χ0n) is 14.5. The second-order valence-electron chi connectivity index (χ2n) is 5.57. The number of para-hydroxylation sites is 1. The highest BCUT2D eigenvalue weighted by atomic mass is 32.2. The van der Waals surface area contributed by atoms with E-state index in [1.54, 1.807) is 48.5 Å². The summed E-state index contributed by atoms with van der Waals surface area (Å²) in [5.41, 5.74) is 1.04. The van der Waals surface area contributed by atoms with E-state index < -0.39 is 5.56 Å². The van der Waals surface area contributed by atoms with Crippen LogP contribution >= 0.6 is 11.8 Å². The number of hydrogen-bond acceptors (Lipinski definition) is 6. The number of benzene rings is 2. The number of rotatable bonds is 5. The molecule has 7 nitrogen and oxygen atoms in total. The molecule has 1 aromatic heterocycles. The van der Waals surface area contributed by atoms with Crippen molar-refractivity contribution in [1.29, 1.82) is 10.5 Å². The largest absolute Gasteiger partial charge is 0.324 e. The summed E-state index contributed by atoms with van der Waals surface area (Å²) in [6, 6.07) is 19.4. The Kier molecular flexibility index (Phi) is 5.85. The molecule has 8 heteroatoms. The molecule has 0 aliphatic rings. The fraction of sp³-hybridized carbons (Fsp3) is 0.0500. The van der Waals surface area contributed by atoms with Crippen molar-refractivity contribution in [3.63, 3.8) is 0 Å². The Bertz CT molecular complexity index is 1160. The van der Waals surface area contributed by atoms with Gasteiger partial charge in [0, 0.05) is 5.56 Å². The first-order chi connectivity index (χ1) is 13.6. The van der Waals surface area contributed by atoms with Crippen LogP contribution in [0.3, 0.4) is 0 Å². The van der Waals surface area contributed by atoms with E-state index >= 15 is 0 Å². The summed E-state index contributed by atoms with van der Waals surface area (Å²) in [6.45, 7) is 0. The Labute approximate surface area is 164 Å². The number of hydrogen-bond donors (Lipinski definition) is 2. The summed E-state index contributed by atoms with van der Waals surface area (Å²) in [5.74, 6) is -0.371. The van der Waals surface area contributed by atoms with Gasteiger partial charge in [0.1, 0.15) is 17.7 Å². The van der Waals surface area contributed by atoms with Gasteiger partial charge in [0.2, 0.25) is 5.91 Å². The molecule has 0 aliphatic carbocycles. The molecular formula is C20H13N5O2S. The summed E-state index contributed by atoms with van der Waals surface area (Å²) in [6.07, 6.45) is 0. The van der Waals surface area contributed by atoms with Gasteiger partial charge in [-0.3, -0.25) is 9.59 Å². The molecule has 0 spiro atoms. The maximum Gasteiger partial charge on any atom is 0.270 e. The van der Waals surface area contributed by atoms with Crippen LogP contribution in [-0.4, -0.2) is 21.6 Å². The minimum Gasteiger partial charge on any atom is -0.324 e. The maximum absolute atomic E-state index is 12.2. The van der Waals surface area contributed by atoms with E-state index in [-0.39, 0.29) is 28.1 Å². The lowest BCUT2D eigenvalue weighted by Gasteiger charge is -2.08. The van der Waals surface area contributed by atoms with Crippen LogP contribution < -0.4 is 10.9 Å². The number of carbonyl (C=O) groups excluding carboxylic acids is 1. The molecule has 0 fully saturated rings. The van der Waals surface area contributed by atoms with Crippen molar-refractivity contribution in [2.75, 3.05) is 11.1 Å². The predicted molar refractivity (Wildman–Crippen MR) is 106 cm³/mol. The van der Waals surface area contributed by atoms with Crippen LogP contribution in [0.1, 0.15) is 11.1 Å². The fourth-order valence-corrected chi connectivity index (χ4v) is 3.10. The Morgan fingerprint density at radius 2 is 1.79 bits per heavy atom. The minimum atomic E-state index is -0.561. The van der Waals surface area contributed by atoms with Gasteiger partial charge in [-0.05, 0) is 12.1 Å². The number of nitriles is 2. The third-order valence-corrected chi connectivity index (χ3v) is 4.59. The van der Waals surface area contributed by atoms with E-state index in [2.05, 4.69) is 15.3 Å². The molecular weight excluding hydrogens is 374 g/mol. The van der Waals surface area contributed by atoms with Crippen molar-refractivity contribution >= 4 is 23.4 Å². The highest BCUT2D eigenvalue weighted by molar-refractivity contribution is 7.99. The Morgan fingerprint density at radius 3 is 2.50 bits per heavy atom. The molecule has 0 saturated heterocycles. The van der Waals surface area contributed by atoms with Gasteiger partial charge in [-0.25, -0.2) is 4.98 Å². The molecule has 0 unspecified atom stereocenters. The van der Waals surface area contributed by atoms with Crippen molar-refractivity contribution in [3.05, 3.63) is 76.1 Å². The van der Waals surface area contributed by atoms with Gasteiger partial charge in [0.25, 0.3) is 5.56 Å². The number of aromatic amines is 1. The molecule has 0 radical (unpaired) electrons. The fourth-order valence-electron chi connectivity index (χ4n) is 2.44. The smallest absolute Gasteiger partial charge is 0.270 e. The number of aromatic nitrogens is 2. The SMILES string of the molecule is N#Cc1ccccc1NC(=O)CSc1nc(-c2ccccc2)c(C#N)c(=O)[nH]1. The maximum atomic E-state index is 12.2. The number of H-pyrrole nitrogens is 1. The summed E-state index contributed by atoms with van der Waals surface area (Å²) >= 11 is 1.03. The van der Waals surface area contributed by atoms with Gasteiger partial charge in [-0.15, -0.1) is 0 Å². The van der Waals surface area contributed by atoms with E-state index in [1.165, 1.54) is 0 Å². The second-order valence-corrected chi connectivity index (χ2v) is 6.53. The zero-order valence-corrected chi connectivity index (χ0v) is 15.3. The van der Waals surface area contributed by atoms with Crippen molar-refractivity contribution in [1.82, 2.24) is 9.97 Å². The molecule has 0 aliphatic heterocycles. The summed E-state index contributed by atoms with van der Waals surface area (Å²) in [4.78, 5) is 31.3. The molecule has 2 aromatic carbocycles. The number of anilines is 1. The highest BCUT2D eigenvalue weighted by Crippen LogP contribution is 2.22. The van der Waals surface area contributed by atoms with Crippen molar-refractivity contribution < 1.29 is 4.79 Å². The van der Waals surface area contributed by atoms with Crippen molar-refractivity contribution in [2.24, 2.45) is 0 Å². The Morgan fingerprint density at radius 1 is 1.07 bits per heavy atom. The Hall–Kier alpha value is -3.88. The monoisotopic (exact) mass is 387 g/mol. The number of nitrogens with one attached hydrogen (secondary N) is 2. The molecule has 2 N–H and O–H groups in total. The van der Waals surface area contributed by atoms with Crippen LogP contribution in [0.5, 0.6) is 0 Å². The van der Waals surface area contributed by atoms with Gasteiger partial charge in [0.05, 0.1) is 22.7 Å². The van der Waals surface area contributed by atoms with Crippen LogP contribution in [0, 0.1) is 22.7 Å². The van der Waals surface area contributed by atoms with Gasteiger partial charge in [0.15, 0.2) is 5.16 Å². The van der Waals surface area contributed by atoms with Crippen molar-refractivity contribution in [2.45, 2.75) is 5.16 Å². The molecule has 3 aromatic rings. The molecule has 0 atom stereocenters. The third kappa shape index (κ3) is 4.26. The lowest BCUT2D eigenvalue weighted by atomic mass is 10.1. The van der Waals surface area contributed by atoms with Crippen LogP contribution in [0.2, 0.25) is 0 Å². The standard InChI is InChI=1S/C20H13N5O2S/c21-10-14-8-4-5-9-16(14)23-17(26)12-28-20-24-18(13-6-2-1-3-7-13)15(11-22)19(27)25-20/h1-9H,12H2,(H,23,26)(H,24,25,27). The van der Waals surface area contributed by atoms with Crippen LogP contribution in [0.25, 0.3) is 11.3 Å². The zero-order chi connectivity index (χ0) is 19.9. The first kappa shape index (κ1) is 18.9. The number of thioether (sulfide) groups is 1. The summed E-state index contributed by atoms with van der Waals surface area (Å²) < 4.78 is 0. The van der Waals surface area contributed by atoms with Gasteiger partial charge >= 0.3 is 0 Å². The first-order valence-electron chi connectivity index (χ1n) is 8.14. The summed E-state index contributed by atoms with van der Waals surface area (Å²) in [7, 11) is 0. The van der Waals surface area contributed by atoms with Gasteiger partial charge < -0.3 is 10.3 Å². The molecule has 28 heavy (non-hydrogen) atoms. The topological polar surface area (TPSA) is 122 Å². The average molecular weight is 387 g/mol. The number of nitrogens with zero attached hydrogens (tertiary/aromatic N) is 3. The van der Waals surface area contributed by atoms with E-state index in [4.69, 9.17) is 5.26 Å². The van der Waals surface area contributed by atoms with E-state index in [0.717, 1.165) is 11.8 Å². The van der Waals surface area contributed by atoms with E-state index in [0.29, 0.717) is 16.8 Å². The van der Waals surface area contributed by atoms with Gasteiger partial charge in [-0.1, -0.05) is 54.2 Å². The van der Waals surface area contributed by atoms with Crippen molar-refractivity contribution in [3.8, 4) is 23.4 Å². The number of amides is 1. The molecule has 0 saturated carbocycles. The molecule has 0 bridgehead atoms. The van der Waals surface area contributed by atoms with Crippen LogP contribution in [-0.2, 0) is 4.79 Å². The lowest BCUT2D eigenvalue weighted by molar-refractivity contribution is -0.113. The summed E-state index contributed by atoms with van der Waals surface area (Å²) in [5, 5.41) is 21.2. The third-order valence-electron chi connectivity index (χ3n) is 3.72. The minimum absolute atomic E-state index is 0.0250. The van der Waals surface area contributed by atoms with E-state index in [9.17, 15) is 14.9 Å². The molecule has 3 rings (SSSR count). The Balaban J connectivity index is 1.79. The van der Waals surface area contributed by atoms with Crippen LogP contribution in [0.4, 0.5) is 5.69 Å². The quantitative estimate of drug-likeness (QED) is 0.513. The molecule has 1 amide bonds. The van der Waals surface area contributed by atoms with Gasteiger partial charge in [-0.2, -0.15) is 10.5 Å². The number of carbonyl (C=O) groups is 1. The normalized spacial score (nSPS) is 9.93. The van der Waals surface area contributed by atoms with Crippen LogP contribution in [0.15, 0.2) is 64.5 Å². The average Bonchev–Trinajstić information content (AvgIpc) is 2.73. The van der Waals surface area contributed by atoms with E-state index in [1.807, 2.05) is 18.2 Å². The first-order valence-corrected chi connectivity index (χ1v) is 9.12.